The van der Waals surface area contributed by atoms with Crippen molar-refractivity contribution in [3.8, 4) is 0 Å². The molecule has 1 N–H and O–H groups in total. The van der Waals surface area contributed by atoms with Crippen molar-refractivity contribution < 1.29 is 14.3 Å². The van der Waals surface area contributed by atoms with E-state index in [0.717, 1.165) is 37.3 Å². The molecule has 10 nitrogen and oxygen atoms in total. The molecule has 2 aromatic heterocycles. The van der Waals surface area contributed by atoms with Crippen molar-refractivity contribution in [2.24, 2.45) is 5.41 Å². The summed E-state index contributed by atoms with van der Waals surface area (Å²) in [5, 5.41) is 13.2. The summed E-state index contributed by atoms with van der Waals surface area (Å²) in [7, 11) is 0. The predicted molar refractivity (Wildman–Crippen MR) is 138 cm³/mol. The van der Waals surface area contributed by atoms with Crippen LogP contribution in [0.2, 0.25) is 0 Å². The molecule has 196 valence electrons. The second kappa shape index (κ2) is 9.30. The van der Waals surface area contributed by atoms with Gasteiger partial charge < -0.3 is 24.3 Å². The normalized spacial score (nSPS) is 24.3. The Balaban J connectivity index is 1.70. The van der Waals surface area contributed by atoms with Crippen LogP contribution in [0.4, 0.5) is 5.69 Å². The van der Waals surface area contributed by atoms with Crippen LogP contribution in [-0.2, 0) is 27.2 Å². The van der Waals surface area contributed by atoms with Gasteiger partial charge in [0.15, 0.2) is 11.2 Å². The van der Waals surface area contributed by atoms with E-state index in [0.29, 0.717) is 44.0 Å². The van der Waals surface area contributed by atoms with Gasteiger partial charge >= 0.3 is 5.97 Å². The number of aromatic nitrogens is 4. The van der Waals surface area contributed by atoms with Gasteiger partial charge in [0, 0.05) is 36.8 Å². The molecule has 2 fully saturated rings. The van der Waals surface area contributed by atoms with Crippen LogP contribution in [0.15, 0.2) is 10.9 Å². The number of rotatable bonds is 6. The molecule has 0 bridgehead atoms. The highest BCUT2D eigenvalue weighted by molar-refractivity contribution is 5.80. The van der Waals surface area contributed by atoms with Crippen LogP contribution >= 0.6 is 0 Å². The first-order valence-corrected chi connectivity index (χ1v) is 13.2. The molecular formula is C26H38N6O4. The van der Waals surface area contributed by atoms with E-state index in [4.69, 9.17) is 14.6 Å². The number of ether oxygens (including phenoxy) is 2. The minimum Gasteiger partial charge on any atom is -0.465 e. The Bertz CT molecular complexity index is 1260. The van der Waals surface area contributed by atoms with E-state index < -0.39 is 0 Å². The van der Waals surface area contributed by atoms with Crippen LogP contribution in [0.3, 0.4) is 0 Å². The standard InChI is InChI=1S/C26H38N6O4/c1-6-18-22(30-13-12-27-26(25(3,4)5)11-8-19(26)30)23(34)21-24(31(18)16-20(33)36-7-2)29-32(28-21)17-9-14-35-15-10-17/h9,19,27H,6-8,10-16H2,1-5H3/t19-,26+/m0/s1. The smallest absolute Gasteiger partial charge is 0.326 e. The van der Waals surface area contributed by atoms with E-state index in [-0.39, 0.29) is 40.5 Å². The molecule has 2 aromatic rings. The Labute approximate surface area is 211 Å². The molecule has 0 unspecified atom stereocenters. The van der Waals surface area contributed by atoms with E-state index in [9.17, 15) is 9.59 Å². The van der Waals surface area contributed by atoms with Gasteiger partial charge in [-0.2, -0.15) is 4.80 Å². The number of anilines is 1. The fourth-order valence-electron chi connectivity index (χ4n) is 6.27. The molecule has 2 aliphatic heterocycles. The second-order valence-corrected chi connectivity index (χ2v) is 10.9. The van der Waals surface area contributed by atoms with E-state index in [1.807, 2.05) is 17.6 Å². The molecule has 10 heteroatoms. The Morgan fingerprint density at radius 2 is 2.11 bits per heavy atom. The van der Waals surface area contributed by atoms with Crippen molar-refractivity contribution in [3.05, 3.63) is 22.0 Å². The van der Waals surface area contributed by atoms with Gasteiger partial charge in [-0.25, -0.2) is 0 Å². The molecule has 2 atom stereocenters. The third-order valence-electron chi connectivity index (χ3n) is 8.18. The molecule has 5 rings (SSSR count). The molecule has 3 aliphatic rings. The maximum Gasteiger partial charge on any atom is 0.326 e. The van der Waals surface area contributed by atoms with Crippen LogP contribution in [0.1, 0.15) is 59.6 Å². The fourth-order valence-corrected chi connectivity index (χ4v) is 6.27. The lowest BCUT2D eigenvalue weighted by atomic mass is 9.56. The number of nitrogens with zero attached hydrogens (tertiary/aromatic N) is 5. The van der Waals surface area contributed by atoms with E-state index in [1.54, 1.807) is 11.7 Å². The van der Waals surface area contributed by atoms with Crippen LogP contribution in [0, 0.1) is 5.41 Å². The van der Waals surface area contributed by atoms with Gasteiger partial charge in [0.25, 0.3) is 0 Å². The molecule has 1 aliphatic carbocycles. The molecule has 1 saturated heterocycles. The summed E-state index contributed by atoms with van der Waals surface area (Å²) in [6, 6.07) is 0.200. The van der Waals surface area contributed by atoms with Gasteiger partial charge in [-0.1, -0.05) is 27.7 Å². The molecule has 0 amide bonds. The first-order valence-electron chi connectivity index (χ1n) is 13.2. The van der Waals surface area contributed by atoms with Gasteiger partial charge in [0.05, 0.1) is 25.5 Å². The summed E-state index contributed by atoms with van der Waals surface area (Å²) in [6.07, 6.45) is 5.27. The van der Waals surface area contributed by atoms with Gasteiger partial charge in [0.1, 0.15) is 12.2 Å². The predicted octanol–water partition coefficient (Wildman–Crippen LogP) is 2.34. The first kappa shape index (κ1) is 25.0. The minimum absolute atomic E-state index is 0.0111. The summed E-state index contributed by atoms with van der Waals surface area (Å²) in [4.78, 5) is 30.7. The van der Waals surface area contributed by atoms with Crippen molar-refractivity contribution in [1.29, 1.82) is 0 Å². The highest BCUT2D eigenvalue weighted by Crippen LogP contribution is 2.50. The summed E-state index contributed by atoms with van der Waals surface area (Å²) in [5.74, 6) is -0.351. The number of carbonyl (C=O) groups excluding carboxylic acids is 1. The highest BCUT2D eigenvalue weighted by Gasteiger charge is 2.58. The summed E-state index contributed by atoms with van der Waals surface area (Å²) < 4.78 is 12.6. The molecule has 1 saturated carbocycles. The van der Waals surface area contributed by atoms with E-state index in [1.165, 1.54) is 0 Å². The van der Waals surface area contributed by atoms with Gasteiger partial charge in [-0.05, 0) is 37.7 Å². The van der Waals surface area contributed by atoms with Crippen LogP contribution in [0.5, 0.6) is 0 Å². The monoisotopic (exact) mass is 498 g/mol. The molecule has 4 heterocycles. The second-order valence-electron chi connectivity index (χ2n) is 10.9. The molecular weight excluding hydrogens is 460 g/mol. The number of piperazine rings is 1. The van der Waals surface area contributed by atoms with E-state index in [2.05, 4.69) is 36.1 Å². The van der Waals surface area contributed by atoms with Crippen molar-refractivity contribution in [1.82, 2.24) is 24.9 Å². The number of carbonyl (C=O) groups is 1. The zero-order valence-electron chi connectivity index (χ0n) is 22.1. The molecule has 36 heavy (non-hydrogen) atoms. The minimum atomic E-state index is -0.351. The lowest BCUT2D eigenvalue weighted by Gasteiger charge is -2.64. The Hall–Kier alpha value is -2.72. The van der Waals surface area contributed by atoms with Gasteiger partial charge in [0.2, 0.25) is 5.43 Å². The Kier molecular flexibility index (Phi) is 6.45. The quantitative estimate of drug-likeness (QED) is 0.606. The Morgan fingerprint density at radius 3 is 2.72 bits per heavy atom. The first-order chi connectivity index (χ1) is 17.2. The SMILES string of the molecule is CCOC(=O)Cn1c(CC)c(N2CCN[C@]3(C(C)(C)C)CC[C@H]23)c(=O)c2nn(C3=CCOCC3)nc21. The number of fused-ring (bicyclic) bond motifs is 2. The summed E-state index contributed by atoms with van der Waals surface area (Å²) >= 11 is 0. The molecule has 0 spiro atoms. The maximum absolute atomic E-state index is 14.1. The number of nitrogens with one attached hydrogen (secondary N) is 1. The third-order valence-corrected chi connectivity index (χ3v) is 8.18. The van der Waals surface area contributed by atoms with E-state index >= 15 is 0 Å². The lowest BCUT2D eigenvalue weighted by Crippen LogP contribution is -2.77. The lowest BCUT2D eigenvalue weighted by molar-refractivity contribution is -0.143. The number of hydrogen-bond acceptors (Lipinski definition) is 8. The van der Waals surface area contributed by atoms with Crippen LogP contribution in [-0.4, -0.2) is 70.0 Å². The highest BCUT2D eigenvalue weighted by atomic mass is 16.5. The molecule has 0 radical (unpaired) electrons. The Morgan fingerprint density at radius 1 is 1.31 bits per heavy atom. The third kappa shape index (κ3) is 3.85. The van der Waals surface area contributed by atoms with Gasteiger partial charge in [-0.15, -0.1) is 10.2 Å². The number of hydrogen-bond donors (Lipinski definition) is 1. The van der Waals surface area contributed by atoms with Crippen molar-refractivity contribution in [2.45, 2.75) is 78.4 Å². The average molecular weight is 499 g/mol. The number of pyridine rings is 1. The van der Waals surface area contributed by atoms with Crippen LogP contribution < -0.4 is 15.6 Å². The summed E-state index contributed by atoms with van der Waals surface area (Å²) in [5.41, 5.74) is 2.93. The van der Waals surface area contributed by atoms with Crippen molar-refractivity contribution >= 4 is 28.5 Å². The zero-order chi connectivity index (χ0) is 25.7. The number of esters is 1. The molecule has 0 aromatic carbocycles. The van der Waals surface area contributed by atoms with Crippen molar-refractivity contribution in [3.63, 3.8) is 0 Å². The maximum atomic E-state index is 14.1. The van der Waals surface area contributed by atoms with Crippen LogP contribution in [0.25, 0.3) is 16.9 Å². The topological polar surface area (TPSA) is 104 Å². The van der Waals surface area contributed by atoms with Gasteiger partial charge in [-0.3, -0.25) is 9.59 Å². The zero-order valence-corrected chi connectivity index (χ0v) is 22.1. The average Bonchev–Trinajstić information content (AvgIpc) is 3.27. The summed E-state index contributed by atoms with van der Waals surface area (Å²) in [6.45, 7) is 13.5. The largest absolute Gasteiger partial charge is 0.465 e. The van der Waals surface area contributed by atoms with Crippen molar-refractivity contribution in [2.75, 3.05) is 37.8 Å². The fraction of sp³-hybridized carbons (Fsp3) is 0.692.